The largest absolute Gasteiger partial charge is 0.356 e. The van der Waals surface area contributed by atoms with Crippen molar-refractivity contribution in [2.24, 2.45) is 5.84 Å². The van der Waals surface area contributed by atoms with E-state index in [0.29, 0.717) is 23.1 Å². The molecule has 0 bridgehead atoms. The third-order valence-corrected chi connectivity index (χ3v) is 3.76. The van der Waals surface area contributed by atoms with Crippen molar-refractivity contribution in [2.45, 2.75) is 13.5 Å². The molecule has 122 valence electrons. The minimum Gasteiger partial charge on any atom is -0.274 e. The number of aryl methyl sites for hydroxylation is 1. The van der Waals surface area contributed by atoms with Gasteiger partial charge in [0.05, 0.1) is 12.2 Å². The van der Waals surface area contributed by atoms with Crippen molar-refractivity contribution in [3.05, 3.63) is 81.5 Å². The number of hydrogen-bond donors (Lipinski definition) is 1. The maximum Gasteiger partial charge on any atom is 0.356 e. The van der Waals surface area contributed by atoms with Crippen LogP contribution >= 0.6 is 11.6 Å². The van der Waals surface area contributed by atoms with Gasteiger partial charge in [-0.1, -0.05) is 41.9 Å². The van der Waals surface area contributed by atoms with Crippen molar-refractivity contribution in [3.63, 3.8) is 0 Å². The van der Waals surface area contributed by atoms with E-state index in [1.807, 2.05) is 30.3 Å². The molecule has 2 N–H and O–H groups in total. The van der Waals surface area contributed by atoms with Crippen molar-refractivity contribution >= 4 is 17.5 Å². The highest BCUT2D eigenvalue weighted by molar-refractivity contribution is 6.30. The van der Waals surface area contributed by atoms with Crippen LogP contribution < -0.4 is 16.5 Å². The van der Waals surface area contributed by atoms with Gasteiger partial charge in [-0.3, -0.25) is 5.01 Å². The van der Waals surface area contributed by atoms with Crippen LogP contribution in [0.5, 0.6) is 0 Å². The lowest BCUT2D eigenvalue weighted by atomic mass is 10.2. The molecular weight excluding hydrogens is 326 g/mol. The normalized spacial score (nSPS) is 10.6. The standard InChI is InChI=1S/C17H16ClN5O/c1-12-20-16(22(19)11-13-5-3-2-4-6-13)21-17(24)23(12)15-9-7-14(18)8-10-15/h2-10H,11,19H2,1H3. The second-order valence-electron chi connectivity index (χ2n) is 5.28. The van der Waals surface area contributed by atoms with Crippen LogP contribution in [-0.4, -0.2) is 14.5 Å². The molecule has 6 nitrogen and oxygen atoms in total. The van der Waals surface area contributed by atoms with E-state index in [2.05, 4.69) is 9.97 Å². The highest BCUT2D eigenvalue weighted by Gasteiger charge is 2.12. The first-order chi connectivity index (χ1) is 11.5. The van der Waals surface area contributed by atoms with Crippen molar-refractivity contribution in [1.82, 2.24) is 14.5 Å². The number of benzene rings is 2. The number of hydrogen-bond acceptors (Lipinski definition) is 5. The van der Waals surface area contributed by atoms with Crippen molar-refractivity contribution in [2.75, 3.05) is 5.01 Å². The lowest BCUT2D eigenvalue weighted by Crippen LogP contribution is -2.36. The van der Waals surface area contributed by atoms with E-state index in [-0.39, 0.29) is 5.95 Å². The Hall–Kier alpha value is -2.70. The van der Waals surface area contributed by atoms with Gasteiger partial charge in [0.2, 0.25) is 5.95 Å². The zero-order chi connectivity index (χ0) is 17.1. The lowest BCUT2D eigenvalue weighted by molar-refractivity contribution is 0.743. The molecule has 1 aromatic heterocycles. The van der Waals surface area contributed by atoms with E-state index in [9.17, 15) is 4.79 Å². The Morgan fingerprint density at radius 2 is 1.75 bits per heavy atom. The van der Waals surface area contributed by atoms with E-state index < -0.39 is 5.69 Å². The summed E-state index contributed by atoms with van der Waals surface area (Å²) in [6.07, 6.45) is 0. The first-order valence-corrected chi connectivity index (χ1v) is 7.72. The number of hydrazine groups is 1. The van der Waals surface area contributed by atoms with Gasteiger partial charge >= 0.3 is 5.69 Å². The Morgan fingerprint density at radius 1 is 1.08 bits per heavy atom. The molecule has 0 radical (unpaired) electrons. The highest BCUT2D eigenvalue weighted by Crippen LogP contribution is 2.14. The molecule has 3 rings (SSSR count). The average Bonchev–Trinajstić information content (AvgIpc) is 2.57. The Kier molecular flexibility index (Phi) is 4.59. The minimum absolute atomic E-state index is 0.187. The Bertz CT molecular complexity index is 893. The van der Waals surface area contributed by atoms with Crippen LogP contribution in [0.4, 0.5) is 5.95 Å². The van der Waals surface area contributed by atoms with Crippen LogP contribution in [0.25, 0.3) is 5.69 Å². The maximum atomic E-state index is 12.4. The van der Waals surface area contributed by atoms with Crippen LogP contribution in [0.2, 0.25) is 5.02 Å². The van der Waals surface area contributed by atoms with Gasteiger partial charge in [0.15, 0.2) is 0 Å². The summed E-state index contributed by atoms with van der Waals surface area (Å²) in [6, 6.07) is 16.6. The van der Waals surface area contributed by atoms with Crippen LogP contribution in [0.15, 0.2) is 59.4 Å². The van der Waals surface area contributed by atoms with Crippen LogP contribution in [0, 0.1) is 6.92 Å². The lowest BCUT2D eigenvalue weighted by Gasteiger charge is -2.18. The summed E-state index contributed by atoms with van der Waals surface area (Å²) in [4.78, 5) is 20.7. The Morgan fingerprint density at radius 3 is 2.38 bits per heavy atom. The first kappa shape index (κ1) is 16.2. The molecule has 7 heteroatoms. The van der Waals surface area contributed by atoms with Crippen LogP contribution in [0.1, 0.15) is 11.4 Å². The predicted octanol–water partition coefficient (Wildman–Crippen LogP) is 2.47. The van der Waals surface area contributed by atoms with Gasteiger partial charge in [0.1, 0.15) is 5.82 Å². The predicted molar refractivity (Wildman–Crippen MR) is 94.2 cm³/mol. The second-order valence-corrected chi connectivity index (χ2v) is 5.72. The van der Waals surface area contributed by atoms with Gasteiger partial charge in [-0.05, 0) is 36.8 Å². The molecule has 0 atom stereocenters. The average molecular weight is 342 g/mol. The third kappa shape index (κ3) is 3.45. The quantitative estimate of drug-likeness (QED) is 0.582. The van der Waals surface area contributed by atoms with E-state index in [1.54, 1.807) is 31.2 Å². The first-order valence-electron chi connectivity index (χ1n) is 7.34. The fourth-order valence-corrected chi connectivity index (χ4v) is 2.49. The summed E-state index contributed by atoms with van der Waals surface area (Å²) >= 11 is 5.88. The van der Waals surface area contributed by atoms with Crippen molar-refractivity contribution < 1.29 is 0 Å². The van der Waals surface area contributed by atoms with Gasteiger partial charge in [-0.15, -0.1) is 0 Å². The van der Waals surface area contributed by atoms with E-state index in [0.717, 1.165) is 5.56 Å². The molecule has 2 aromatic carbocycles. The molecule has 0 aliphatic carbocycles. The number of nitrogens with two attached hydrogens (primary N) is 1. The molecule has 24 heavy (non-hydrogen) atoms. The summed E-state index contributed by atoms with van der Waals surface area (Å²) in [6.45, 7) is 2.14. The zero-order valence-electron chi connectivity index (χ0n) is 13.1. The smallest absolute Gasteiger partial charge is 0.274 e. The van der Waals surface area contributed by atoms with Gasteiger partial charge in [-0.25, -0.2) is 15.2 Å². The van der Waals surface area contributed by atoms with Gasteiger partial charge < -0.3 is 0 Å². The number of nitrogens with zero attached hydrogens (tertiary/aromatic N) is 4. The molecule has 0 aliphatic heterocycles. The van der Waals surface area contributed by atoms with Gasteiger partial charge in [-0.2, -0.15) is 9.97 Å². The van der Waals surface area contributed by atoms with Crippen molar-refractivity contribution in [3.8, 4) is 5.69 Å². The van der Waals surface area contributed by atoms with Gasteiger partial charge in [0, 0.05) is 5.02 Å². The van der Waals surface area contributed by atoms with Crippen LogP contribution in [0.3, 0.4) is 0 Å². The van der Waals surface area contributed by atoms with E-state index in [4.69, 9.17) is 17.4 Å². The molecule has 0 fully saturated rings. The topological polar surface area (TPSA) is 77.0 Å². The monoisotopic (exact) mass is 341 g/mol. The number of halogens is 1. The summed E-state index contributed by atoms with van der Waals surface area (Å²) in [5.41, 5.74) is 1.21. The van der Waals surface area contributed by atoms with Gasteiger partial charge in [0.25, 0.3) is 0 Å². The maximum absolute atomic E-state index is 12.4. The Labute approximate surface area is 144 Å². The summed E-state index contributed by atoms with van der Waals surface area (Å²) < 4.78 is 1.41. The third-order valence-electron chi connectivity index (χ3n) is 3.51. The fourth-order valence-electron chi connectivity index (χ4n) is 2.36. The summed E-state index contributed by atoms with van der Waals surface area (Å²) in [5.74, 6) is 6.70. The van der Waals surface area contributed by atoms with Crippen molar-refractivity contribution in [1.29, 1.82) is 0 Å². The highest BCUT2D eigenvalue weighted by atomic mass is 35.5. The van der Waals surface area contributed by atoms with E-state index in [1.165, 1.54) is 9.58 Å². The SMILES string of the molecule is Cc1nc(N(N)Cc2ccccc2)nc(=O)n1-c1ccc(Cl)cc1. The molecule has 0 aliphatic rings. The number of aromatic nitrogens is 3. The minimum atomic E-state index is -0.441. The molecule has 3 aromatic rings. The van der Waals surface area contributed by atoms with E-state index >= 15 is 0 Å². The van der Waals surface area contributed by atoms with Crippen LogP contribution in [-0.2, 0) is 6.54 Å². The molecule has 0 saturated carbocycles. The molecular formula is C17H16ClN5O. The fraction of sp³-hybridized carbons (Fsp3) is 0.118. The summed E-state index contributed by atoms with van der Waals surface area (Å²) in [7, 11) is 0. The number of rotatable bonds is 4. The molecule has 0 unspecified atom stereocenters. The summed E-state index contributed by atoms with van der Waals surface area (Å²) in [5, 5.41) is 1.95. The molecule has 0 saturated heterocycles. The zero-order valence-corrected chi connectivity index (χ0v) is 13.8. The number of anilines is 1. The molecule has 0 spiro atoms. The Balaban J connectivity index is 1.92. The molecule has 0 amide bonds. The molecule has 1 heterocycles. The second kappa shape index (κ2) is 6.82.